The molecular weight excluding hydrogens is 411 g/mol. The molecule has 18 heavy (non-hydrogen) atoms. The summed E-state index contributed by atoms with van der Waals surface area (Å²) in [5.74, 6) is -0.343. The number of nitrogens with zero attached hydrogens (tertiary/aromatic N) is 2. The van der Waals surface area contributed by atoms with Gasteiger partial charge in [-0.05, 0) is 40.8 Å². The van der Waals surface area contributed by atoms with Gasteiger partial charge in [-0.1, -0.05) is 15.9 Å². The number of nitriles is 1. The Labute approximate surface area is 127 Å². The highest BCUT2D eigenvalue weighted by Gasteiger charge is 2.13. The first kappa shape index (κ1) is 15.0. The molecule has 1 N–H and O–H groups in total. The first-order chi connectivity index (χ1) is 8.36. The van der Waals surface area contributed by atoms with Crippen LogP contribution < -0.4 is 0 Å². The van der Waals surface area contributed by atoms with Crippen LogP contribution in [0.3, 0.4) is 0 Å². The van der Waals surface area contributed by atoms with Gasteiger partial charge < -0.3 is 10.0 Å². The maximum Gasteiger partial charge on any atom is 0.264 e. The summed E-state index contributed by atoms with van der Waals surface area (Å²) in [5, 5.41) is 18.9. The van der Waals surface area contributed by atoms with Gasteiger partial charge in [-0.25, -0.2) is 0 Å². The first-order valence-electron chi connectivity index (χ1n) is 4.88. The highest BCUT2D eigenvalue weighted by molar-refractivity contribution is 14.1. The molecule has 94 valence electrons. The van der Waals surface area contributed by atoms with Crippen molar-refractivity contribution in [3.8, 4) is 11.8 Å². The fourth-order valence-electron chi connectivity index (χ4n) is 1.23. The standard InChI is InChI=1S/C12H10BrIN2O2/c1-16(2)12(18)8(6-15)3-7-4-9(13)5-10(14)11(7)17/h3-5,17H,1-2H3/b8-3+. The lowest BCUT2D eigenvalue weighted by Crippen LogP contribution is -2.22. The molecule has 0 radical (unpaired) electrons. The van der Waals surface area contributed by atoms with Crippen molar-refractivity contribution in [1.29, 1.82) is 5.26 Å². The molecule has 0 spiro atoms. The second-order valence-corrected chi connectivity index (χ2v) is 5.77. The van der Waals surface area contributed by atoms with Gasteiger partial charge in [0.1, 0.15) is 17.4 Å². The van der Waals surface area contributed by atoms with E-state index in [0.29, 0.717) is 9.13 Å². The van der Waals surface area contributed by atoms with Crippen molar-refractivity contribution < 1.29 is 9.90 Å². The summed E-state index contributed by atoms with van der Waals surface area (Å²) in [5.41, 5.74) is 0.407. The summed E-state index contributed by atoms with van der Waals surface area (Å²) in [6, 6.07) is 5.23. The Morgan fingerprint density at radius 1 is 1.56 bits per heavy atom. The van der Waals surface area contributed by atoms with E-state index in [4.69, 9.17) is 5.26 Å². The van der Waals surface area contributed by atoms with E-state index in [9.17, 15) is 9.90 Å². The summed E-state index contributed by atoms with van der Waals surface area (Å²) >= 11 is 5.28. The fourth-order valence-corrected chi connectivity index (χ4v) is 2.78. The summed E-state index contributed by atoms with van der Waals surface area (Å²) in [6.45, 7) is 0. The van der Waals surface area contributed by atoms with E-state index in [1.54, 1.807) is 26.2 Å². The van der Waals surface area contributed by atoms with E-state index in [-0.39, 0.29) is 11.3 Å². The van der Waals surface area contributed by atoms with Crippen LogP contribution in [0.25, 0.3) is 6.08 Å². The normalized spacial score (nSPS) is 10.9. The molecular formula is C12H10BrIN2O2. The lowest BCUT2D eigenvalue weighted by molar-refractivity contribution is -0.124. The summed E-state index contributed by atoms with van der Waals surface area (Å²) < 4.78 is 1.41. The van der Waals surface area contributed by atoms with Crippen molar-refractivity contribution in [3.05, 3.63) is 31.3 Å². The molecule has 1 aromatic carbocycles. The molecule has 0 aliphatic rings. The zero-order valence-electron chi connectivity index (χ0n) is 9.74. The van der Waals surface area contributed by atoms with Crippen LogP contribution in [-0.2, 0) is 4.79 Å². The Balaban J connectivity index is 3.31. The van der Waals surface area contributed by atoms with Gasteiger partial charge in [0.2, 0.25) is 0 Å². The van der Waals surface area contributed by atoms with E-state index >= 15 is 0 Å². The topological polar surface area (TPSA) is 64.3 Å². The van der Waals surface area contributed by atoms with Gasteiger partial charge in [-0.15, -0.1) is 0 Å². The number of benzene rings is 1. The molecule has 0 bridgehead atoms. The molecule has 1 aromatic rings. The van der Waals surface area contributed by atoms with Gasteiger partial charge in [-0.2, -0.15) is 5.26 Å². The third-order valence-electron chi connectivity index (χ3n) is 2.11. The van der Waals surface area contributed by atoms with Crippen molar-refractivity contribution >= 4 is 50.5 Å². The van der Waals surface area contributed by atoms with Gasteiger partial charge in [-0.3, -0.25) is 4.79 Å². The number of carbonyl (C=O) groups excluding carboxylic acids is 1. The number of aromatic hydroxyl groups is 1. The van der Waals surface area contributed by atoms with Crippen molar-refractivity contribution in [3.63, 3.8) is 0 Å². The molecule has 0 atom stereocenters. The lowest BCUT2D eigenvalue weighted by atomic mass is 10.1. The average molecular weight is 421 g/mol. The number of hydrogen-bond donors (Lipinski definition) is 1. The maximum absolute atomic E-state index is 11.7. The molecule has 0 heterocycles. The van der Waals surface area contributed by atoms with Crippen LogP contribution in [0, 0.1) is 14.9 Å². The van der Waals surface area contributed by atoms with Crippen LogP contribution in [0.1, 0.15) is 5.56 Å². The number of likely N-dealkylation sites (N-methyl/N-ethyl adjacent to an activating group) is 1. The zero-order chi connectivity index (χ0) is 13.9. The van der Waals surface area contributed by atoms with Crippen molar-refractivity contribution in [1.82, 2.24) is 4.90 Å². The number of hydrogen-bond acceptors (Lipinski definition) is 3. The lowest BCUT2D eigenvalue weighted by Gasteiger charge is -2.09. The summed E-state index contributed by atoms with van der Waals surface area (Å²) in [6.07, 6.45) is 1.38. The maximum atomic E-state index is 11.7. The summed E-state index contributed by atoms with van der Waals surface area (Å²) in [7, 11) is 3.13. The largest absolute Gasteiger partial charge is 0.506 e. The molecule has 0 aromatic heterocycles. The number of rotatable bonds is 2. The monoisotopic (exact) mass is 420 g/mol. The third-order valence-corrected chi connectivity index (χ3v) is 3.39. The Hall–Kier alpha value is -1.07. The Bertz CT molecular complexity index is 562. The Morgan fingerprint density at radius 3 is 2.67 bits per heavy atom. The van der Waals surface area contributed by atoms with E-state index in [2.05, 4.69) is 15.9 Å². The minimum absolute atomic E-state index is 0.0239. The molecule has 0 saturated heterocycles. The highest BCUT2D eigenvalue weighted by atomic mass is 127. The molecule has 1 amide bonds. The Morgan fingerprint density at radius 2 is 2.17 bits per heavy atom. The second kappa shape index (κ2) is 6.20. The number of phenols is 1. The molecule has 0 aliphatic carbocycles. The smallest absolute Gasteiger partial charge is 0.264 e. The van der Waals surface area contributed by atoms with Gasteiger partial charge in [0.25, 0.3) is 5.91 Å². The van der Waals surface area contributed by atoms with Crippen LogP contribution in [0.15, 0.2) is 22.2 Å². The minimum atomic E-state index is -0.396. The molecule has 0 aliphatic heterocycles. The Kier molecular flexibility index (Phi) is 5.16. The second-order valence-electron chi connectivity index (χ2n) is 3.69. The fraction of sp³-hybridized carbons (Fsp3) is 0.167. The first-order valence-corrected chi connectivity index (χ1v) is 6.75. The number of halogens is 2. The predicted molar refractivity (Wildman–Crippen MR) is 80.8 cm³/mol. The number of phenolic OH excluding ortho intramolecular Hbond substituents is 1. The van der Waals surface area contributed by atoms with Gasteiger partial charge in [0, 0.05) is 24.1 Å². The zero-order valence-corrected chi connectivity index (χ0v) is 13.5. The van der Waals surface area contributed by atoms with E-state index in [0.717, 1.165) is 4.47 Å². The molecule has 0 saturated carbocycles. The van der Waals surface area contributed by atoms with Gasteiger partial charge in [0.05, 0.1) is 3.57 Å². The average Bonchev–Trinajstić information content (AvgIpc) is 2.30. The molecule has 1 rings (SSSR count). The van der Waals surface area contributed by atoms with Crippen molar-refractivity contribution in [2.45, 2.75) is 0 Å². The van der Waals surface area contributed by atoms with Crippen molar-refractivity contribution in [2.75, 3.05) is 14.1 Å². The molecule has 4 nitrogen and oxygen atoms in total. The molecule has 0 unspecified atom stereocenters. The van der Waals surface area contributed by atoms with E-state index < -0.39 is 5.91 Å². The van der Waals surface area contributed by atoms with E-state index in [1.165, 1.54) is 11.0 Å². The SMILES string of the molecule is CN(C)C(=O)/C(C#N)=C/c1cc(Br)cc(I)c1O. The van der Waals surface area contributed by atoms with Crippen LogP contribution in [-0.4, -0.2) is 30.0 Å². The third kappa shape index (κ3) is 3.46. The van der Waals surface area contributed by atoms with Gasteiger partial charge in [0.15, 0.2) is 0 Å². The highest BCUT2D eigenvalue weighted by Crippen LogP contribution is 2.30. The van der Waals surface area contributed by atoms with Crippen LogP contribution in [0.4, 0.5) is 0 Å². The summed E-state index contributed by atoms with van der Waals surface area (Å²) in [4.78, 5) is 13.0. The quantitative estimate of drug-likeness (QED) is 0.454. The molecule has 6 heteroatoms. The predicted octanol–water partition coefficient (Wildman–Crippen LogP) is 2.75. The van der Waals surface area contributed by atoms with E-state index in [1.807, 2.05) is 28.7 Å². The van der Waals surface area contributed by atoms with Gasteiger partial charge >= 0.3 is 0 Å². The minimum Gasteiger partial charge on any atom is -0.506 e. The van der Waals surface area contributed by atoms with Crippen molar-refractivity contribution in [2.24, 2.45) is 0 Å². The van der Waals surface area contributed by atoms with Crippen LogP contribution in [0.5, 0.6) is 5.75 Å². The van der Waals surface area contributed by atoms with Crippen LogP contribution >= 0.6 is 38.5 Å². The number of carbonyl (C=O) groups is 1. The molecule has 0 fully saturated rings. The van der Waals surface area contributed by atoms with Crippen LogP contribution in [0.2, 0.25) is 0 Å². The number of amides is 1.